The van der Waals surface area contributed by atoms with Crippen molar-refractivity contribution in [2.24, 2.45) is 0 Å². The van der Waals surface area contributed by atoms with E-state index in [1.54, 1.807) is 24.3 Å². The highest BCUT2D eigenvalue weighted by molar-refractivity contribution is 7.92. The number of ether oxygens (including phenoxy) is 1. The average molecular weight is 662 g/mol. The number of rotatable bonds is 16. The first-order valence-corrected chi connectivity index (χ1v) is 17.2. The molecular weight excluding hydrogens is 622 g/mol. The summed E-state index contributed by atoms with van der Waals surface area (Å²) in [5.74, 6) is -0.254. The van der Waals surface area contributed by atoms with Crippen LogP contribution in [0.2, 0.25) is 5.02 Å². The first kappa shape index (κ1) is 34.5. The van der Waals surface area contributed by atoms with E-state index in [1.807, 2.05) is 74.5 Å². The molecule has 10 heteroatoms. The molecule has 0 aromatic heterocycles. The van der Waals surface area contributed by atoms with Crippen molar-refractivity contribution in [3.8, 4) is 5.75 Å². The number of carbonyl (C=O) groups is 2. The molecule has 0 saturated heterocycles. The molecule has 0 aliphatic rings. The van der Waals surface area contributed by atoms with Crippen molar-refractivity contribution in [2.45, 2.75) is 50.6 Å². The number of anilines is 1. The lowest BCUT2D eigenvalue weighted by molar-refractivity contribution is -0.140. The van der Waals surface area contributed by atoms with E-state index in [0.717, 1.165) is 28.3 Å². The molecule has 4 rings (SSSR count). The van der Waals surface area contributed by atoms with Crippen LogP contribution < -0.4 is 14.4 Å². The summed E-state index contributed by atoms with van der Waals surface area (Å²) >= 11 is 6.06. The third-order valence-corrected chi connectivity index (χ3v) is 9.45. The highest BCUT2D eigenvalue weighted by atomic mass is 35.5. The molecule has 1 atom stereocenters. The first-order chi connectivity index (χ1) is 22.2. The average Bonchev–Trinajstić information content (AvgIpc) is 3.07. The van der Waals surface area contributed by atoms with E-state index in [-0.39, 0.29) is 29.5 Å². The molecule has 4 aromatic rings. The summed E-state index contributed by atoms with van der Waals surface area (Å²) < 4.78 is 34.9. The summed E-state index contributed by atoms with van der Waals surface area (Å²) in [5, 5.41) is 3.38. The van der Waals surface area contributed by atoms with E-state index in [2.05, 4.69) is 5.32 Å². The van der Waals surface area contributed by atoms with Crippen LogP contribution in [0.3, 0.4) is 0 Å². The van der Waals surface area contributed by atoms with Gasteiger partial charge in [-0.15, -0.1) is 0 Å². The van der Waals surface area contributed by atoms with Crippen molar-refractivity contribution < 1.29 is 22.7 Å². The maximum atomic E-state index is 14.5. The van der Waals surface area contributed by atoms with Crippen LogP contribution in [0, 0.1) is 0 Å². The lowest BCUT2D eigenvalue weighted by atomic mass is 10.0. The fourth-order valence-electron chi connectivity index (χ4n) is 4.98. The van der Waals surface area contributed by atoms with Gasteiger partial charge in [-0.05, 0) is 73.0 Å². The standard InChI is InChI=1S/C36H40ClN3O5S/c1-3-5-24-38-36(42)34(25-28-12-8-6-9-13-28)39(26-29-14-10-7-11-15-29)35(41)27-40(31-18-20-32(21-19-31)45-4-2)46(43,44)33-22-16-30(37)17-23-33/h6-23,34H,3-5,24-27H2,1-2H3,(H,38,42)/t34-/m0/s1. The number of benzene rings is 4. The molecule has 46 heavy (non-hydrogen) atoms. The predicted octanol–water partition coefficient (Wildman–Crippen LogP) is 6.49. The van der Waals surface area contributed by atoms with Crippen LogP contribution in [0.15, 0.2) is 114 Å². The van der Waals surface area contributed by atoms with Crippen molar-refractivity contribution in [1.82, 2.24) is 10.2 Å². The zero-order valence-corrected chi connectivity index (χ0v) is 27.7. The van der Waals surface area contributed by atoms with Gasteiger partial charge in [0.05, 0.1) is 17.2 Å². The van der Waals surface area contributed by atoms with E-state index < -0.39 is 28.5 Å². The summed E-state index contributed by atoms with van der Waals surface area (Å²) in [5.41, 5.74) is 1.96. The van der Waals surface area contributed by atoms with Gasteiger partial charge in [-0.2, -0.15) is 0 Å². The van der Waals surface area contributed by atoms with Gasteiger partial charge in [0.25, 0.3) is 10.0 Å². The summed E-state index contributed by atoms with van der Waals surface area (Å²) in [6.45, 7) is 4.38. The quantitative estimate of drug-likeness (QED) is 0.139. The van der Waals surface area contributed by atoms with Gasteiger partial charge in [0.15, 0.2) is 0 Å². The molecule has 8 nitrogen and oxygen atoms in total. The third-order valence-electron chi connectivity index (χ3n) is 7.41. The van der Waals surface area contributed by atoms with Gasteiger partial charge < -0.3 is 15.0 Å². The molecule has 0 fully saturated rings. The highest BCUT2D eigenvalue weighted by Gasteiger charge is 2.34. The highest BCUT2D eigenvalue weighted by Crippen LogP contribution is 2.28. The molecule has 4 aromatic carbocycles. The van der Waals surface area contributed by atoms with Crippen LogP contribution in [0.1, 0.15) is 37.8 Å². The minimum absolute atomic E-state index is 0.0219. The lowest BCUT2D eigenvalue weighted by Gasteiger charge is -2.34. The Bertz CT molecular complexity index is 1650. The number of unbranched alkanes of at least 4 members (excludes halogenated alkanes) is 1. The minimum atomic E-state index is -4.23. The van der Waals surface area contributed by atoms with Crippen molar-refractivity contribution in [3.63, 3.8) is 0 Å². The van der Waals surface area contributed by atoms with Gasteiger partial charge in [0.2, 0.25) is 11.8 Å². The number of halogens is 1. The van der Waals surface area contributed by atoms with Crippen molar-refractivity contribution >= 4 is 39.1 Å². The third kappa shape index (κ3) is 9.34. The Morgan fingerprint density at radius 1 is 0.826 bits per heavy atom. The molecule has 0 heterocycles. The maximum absolute atomic E-state index is 14.5. The fraction of sp³-hybridized carbons (Fsp3) is 0.278. The first-order valence-electron chi connectivity index (χ1n) is 15.4. The lowest BCUT2D eigenvalue weighted by Crippen LogP contribution is -2.53. The Morgan fingerprint density at radius 3 is 2.02 bits per heavy atom. The Balaban J connectivity index is 1.77. The molecular formula is C36H40ClN3O5S. The van der Waals surface area contributed by atoms with Crippen LogP contribution in [0.4, 0.5) is 5.69 Å². The Morgan fingerprint density at radius 2 is 1.43 bits per heavy atom. The zero-order valence-electron chi connectivity index (χ0n) is 26.1. The van der Waals surface area contributed by atoms with E-state index >= 15 is 0 Å². The van der Waals surface area contributed by atoms with Gasteiger partial charge in [-0.25, -0.2) is 8.42 Å². The summed E-state index contributed by atoms with van der Waals surface area (Å²) in [6, 6.07) is 30.3. The van der Waals surface area contributed by atoms with Crippen molar-refractivity contribution in [2.75, 3.05) is 24.0 Å². The van der Waals surface area contributed by atoms with Crippen LogP contribution in [-0.4, -0.2) is 50.9 Å². The van der Waals surface area contributed by atoms with E-state index in [1.165, 1.54) is 29.2 Å². The minimum Gasteiger partial charge on any atom is -0.494 e. The Hall–Kier alpha value is -4.34. The van der Waals surface area contributed by atoms with Gasteiger partial charge in [0, 0.05) is 24.5 Å². The molecule has 1 N–H and O–H groups in total. The SMILES string of the molecule is CCCCNC(=O)[C@H](Cc1ccccc1)N(Cc1ccccc1)C(=O)CN(c1ccc(OCC)cc1)S(=O)(=O)c1ccc(Cl)cc1. The Labute approximate surface area is 277 Å². The number of hydrogen-bond donors (Lipinski definition) is 1. The summed E-state index contributed by atoms with van der Waals surface area (Å²) in [4.78, 5) is 29.8. The molecule has 242 valence electrons. The number of carbonyl (C=O) groups excluding carboxylic acids is 2. The second-order valence-corrected chi connectivity index (χ2v) is 13.0. The molecule has 0 unspecified atom stereocenters. The van der Waals surface area contributed by atoms with Crippen molar-refractivity contribution in [1.29, 1.82) is 0 Å². The van der Waals surface area contributed by atoms with E-state index in [4.69, 9.17) is 16.3 Å². The number of nitrogens with zero attached hydrogens (tertiary/aromatic N) is 2. The molecule has 2 amide bonds. The van der Waals surface area contributed by atoms with Crippen LogP contribution in [0.5, 0.6) is 5.75 Å². The molecule has 0 aliphatic carbocycles. The van der Waals surface area contributed by atoms with E-state index in [0.29, 0.717) is 23.9 Å². The normalized spacial score (nSPS) is 11.8. The van der Waals surface area contributed by atoms with Gasteiger partial charge >= 0.3 is 0 Å². The second kappa shape index (κ2) is 16.8. The largest absolute Gasteiger partial charge is 0.494 e. The van der Waals surface area contributed by atoms with Gasteiger partial charge in [0.1, 0.15) is 18.3 Å². The van der Waals surface area contributed by atoms with Crippen LogP contribution in [0.25, 0.3) is 0 Å². The number of hydrogen-bond acceptors (Lipinski definition) is 5. The van der Waals surface area contributed by atoms with E-state index in [9.17, 15) is 18.0 Å². The topological polar surface area (TPSA) is 96.0 Å². The summed E-state index contributed by atoms with van der Waals surface area (Å²) in [7, 11) is -4.23. The second-order valence-electron chi connectivity index (χ2n) is 10.7. The maximum Gasteiger partial charge on any atom is 0.264 e. The van der Waals surface area contributed by atoms with Crippen LogP contribution >= 0.6 is 11.6 Å². The molecule has 0 radical (unpaired) electrons. The smallest absolute Gasteiger partial charge is 0.264 e. The zero-order chi connectivity index (χ0) is 32.9. The molecule has 0 saturated carbocycles. The fourth-order valence-corrected chi connectivity index (χ4v) is 6.52. The summed E-state index contributed by atoms with van der Waals surface area (Å²) in [6.07, 6.45) is 1.95. The molecule has 0 aliphatic heterocycles. The number of sulfonamides is 1. The number of nitrogens with one attached hydrogen (secondary N) is 1. The molecule has 0 bridgehead atoms. The monoisotopic (exact) mass is 661 g/mol. The van der Waals surface area contributed by atoms with Gasteiger partial charge in [-0.3, -0.25) is 13.9 Å². The number of amides is 2. The predicted molar refractivity (Wildman–Crippen MR) is 182 cm³/mol. The molecule has 0 spiro atoms. The van der Waals surface area contributed by atoms with Crippen molar-refractivity contribution in [3.05, 3.63) is 125 Å². The van der Waals surface area contributed by atoms with Crippen LogP contribution in [-0.2, 0) is 32.6 Å². The Kier molecular flexibility index (Phi) is 12.6. The van der Waals surface area contributed by atoms with Gasteiger partial charge in [-0.1, -0.05) is 85.6 Å².